The van der Waals surface area contributed by atoms with Crippen molar-refractivity contribution in [3.05, 3.63) is 0 Å². The van der Waals surface area contributed by atoms with Gasteiger partial charge in [-0.3, -0.25) is 0 Å². The predicted molar refractivity (Wildman–Crippen MR) is 71.7 cm³/mol. The molecule has 2 nitrogen and oxygen atoms in total. The Morgan fingerprint density at radius 1 is 0.588 bits per heavy atom. The van der Waals surface area contributed by atoms with Gasteiger partial charge in [0.25, 0.3) is 0 Å². The highest BCUT2D eigenvalue weighted by Crippen LogP contribution is 2.35. The Labute approximate surface area is 106 Å². The molecule has 2 aliphatic heterocycles. The molecule has 0 N–H and O–H groups in total. The fourth-order valence-electron chi connectivity index (χ4n) is 4.25. The summed E-state index contributed by atoms with van der Waals surface area (Å²) in [7, 11) is 0. The van der Waals surface area contributed by atoms with E-state index in [9.17, 15) is 0 Å². The zero-order chi connectivity index (χ0) is 11.5. The van der Waals surface area contributed by atoms with Gasteiger partial charge < -0.3 is 0 Å². The largest absolute Gasteiger partial charge is 0.242 e. The molecule has 2 heteroatoms. The van der Waals surface area contributed by atoms with E-state index in [4.69, 9.17) is 0 Å². The Kier molecular flexibility index (Phi) is 4.02. The Morgan fingerprint density at radius 2 is 1.24 bits per heavy atom. The lowest BCUT2D eigenvalue weighted by Crippen LogP contribution is -2.54. The van der Waals surface area contributed by atoms with E-state index >= 15 is 0 Å². The molecule has 2 saturated heterocycles. The zero-order valence-corrected chi connectivity index (χ0v) is 11.2. The Bertz CT molecular complexity index is 229. The minimum atomic E-state index is 0.907. The van der Waals surface area contributed by atoms with E-state index in [1.54, 1.807) is 0 Å². The molecule has 0 amide bonds. The number of hydrazine groups is 1. The van der Waals surface area contributed by atoms with Crippen LogP contribution >= 0.6 is 0 Å². The van der Waals surface area contributed by atoms with Crippen LogP contribution in [0, 0.1) is 5.92 Å². The maximum Gasteiger partial charge on any atom is 0.0274 e. The highest BCUT2D eigenvalue weighted by Gasteiger charge is 2.34. The van der Waals surface area contributed by atoms with Crippen LogP contribution in [0.1, 0.15) is 64.2 Å². The molecule has 2 heterocycles. The van der Waals surface area contributed by atoms with Crippen LogP contribution in [0.4, 0.5) is 0 Å². The minimum absolute atomic E-state index is 0.907. The Hall–Kier alpha value is -0.0800. The standard InChI is InChI=1S/C15H28N2/c1-5-11-16(12-6-1)17-13-7-4-10-15(17)14-8-2-3-9-14/h14-15H,1-13H2. The molecular weight excluding hydrogens is 208 g/mol. The van der Waals surface area contributed by atoms with Crippen LogP contribution in [0.3, 0.4) is 0 Å². The van der Waals surface area contributed by atoms with Gasteiger partial charge in [0.05, 0.1) is 0 Å². The van der Waals surface area contributed by atoms with Gasteiger partial charge in [-0.25, -0.2) is 10.0 Å². The van der Waals surface area contributed by atoms with Crippen molar-refractivity contribution >= 4 is 0 Å². The van der Waals surface area contributed by atoms with Crippen molar-refractivity contribution in [1.29, 1.82) is 0 Å². The molecule has 0 aromatic rings. The van der Waals surface area contributed by atoms with Gasteiger partial charge in [-0.1, -0.05) is 25.7 Å². The summed E-state index contributed by atoms with van der Waals surface area (Å²) in [5, 5.41) is 5.52. The molecule has 1 atom stereocenters. The zero-order valence-electron chi connectivity index (χ0n) is 11.2. The number of hydrogen-bond acceptors (Lipinski definition) is 2. The number of hydrogen-bond donors (Lipinski definition) is 0. The van der Waals surface area contributed by atoms with Crippen molar-refractivity contribution in [2.45, 2.75) is 70.3 Å². The van der Waals surface area contributed by atoms with Crippen molar-refractivity contribution in [3.63, 3.8) is 0 Å². The molecule has 1 aliphatic carbocycles. The van der Waals surface area contributed by atoms with Crippen LogP contribution in [-0.2, 0) is 0 Å². The lowest BCUT2D eigenvalue weighted by Gasteiger charge is -2.47. The normalized spacial score (nSPS) is 34.2. The summed E-state index contributed by atoms with van der Waals surface area (Å²) < 4.78 is 0. The lowest BCUT2D eigenvalue weighted by molar-refractivity contribution is -0.104. The molecule has 98 valence electrons. The molecule has 0 bridgehead atoms. The van der Waals surface area contributed by atoms with Gasteiger partial charge in [-0.15, -0.1) is 0 Å². The van der Waals surface area contributed by atoms with E-state index in [1.165, 1.54) is 83.8 Å². The summed E-state index contributed by atoms with van der Waals surface area (Å²) in [5.41, 5.74) is 0. The first-order chi connectivity index (χ1) is 8.45. The third kappa shape index (κ3) is 2.68. The van der Waals surface area contributed by atoms with Crippen LogP contribution < -0.4 is 0 Å². The highest BCUT2D eigenvalue weighted by atomic mass is 15.6. The summed E-state index contributed by atoms with van der Waals surface area (Å²) in [4.78, 5) is 0. The van der Waals surface area contributed by atoms with Gasteiger partial charge in [0, 0.05) is 25.7 Å². The van der Waals surface area contributed by atoms with Gasteiger partial charge in [0.1, 0.15) is 0 Å². The van der Waals surface area contributed by atoms with E-state index < -0.39 is 0 Å². The summed E-state index contributed by atoms with van der Waals surface area (Å²) in [6.45, 7) is 4.02. The average Bonchev–Trinajstić information content (AvgIpc) is 2.94. The van der Waals surface area contributed by atoms with Crippen molar-refractivity contribution in [3.8, 4) is 0 Å². The van der Waals surface area contributed by atoms with Crippen LogP contribution in [0.25, 0.3) is 0 Å². The fraction of sp³-hybridized carbons (Fsp3) is 1.00. The molecule has 0 aromatic heterocycles. The molecular formula is C15H28N2. The molecule has 1 unspecified atom stereocenters. The number of rotatable bonds is 2. The van der Waals surface area contributed by atoms with E-state index in [0.29, 0.717) is 0 Å². The quantitative estimate of drug-likeness (QED) is 0.725. The van der Waals surface area contributed by atoms with Gasteiger partial charge in [0.2, 0.25) is 0 Å². The third-order valence-corrected chi connectivity index (χ3v) is 5.16. The molecule has 3 rings (SSSR count). The molecule has 17 heavy (non-hydrogen) atoms. The van der Waals surface area contributed by atoms with Gasteiger partial charge >= 0.3 is 0 Å². The monoisotopic (exact) mass is 236 g/mol. The first-order valence-electron chi connectivity index (χ1n) is 7.96. The van der Waals surface area contributed by atoms with E-state index in [1.807, 2.05) is 0 Å². The SMILES string of the molecule is C1CCN(N2CCCCC2C2CCCC2)CC1. The van der Waals surface area contributed by atoms with Gasteiger partial charge in [0.15, 0.2) is 0 Å². The van der Waals surface area contributed by atoms with Crippen molar-refractivity contribution < 1.29 is 0 Å². The predicted octanol–water partition coefficient (Wildman–Crippen LogP) is 3.43. The van der Waals surface area contributed by atoms with Crippen LogP contribution in [-0.4, -0.2) is 35.7 Å². The molecule has 0 aromatic carbocycles. The third-order valence-electron chi connectivity index (χ3n) is 5.16. The Morgan fingerprint density at radius 3 is 2.00 bits per heavy atom. The smallest absolute Gasteiger partial charge is 0.0274 e. The molecule has 0 radical (unpaired) electrons. The second-order valence-electron chi connectivity index (χ2n) is 6.29. The highest BCUT2D eigenvalue weighted by molar-refractivity contribution is 4.85. The van der Waals surface area contributed by atoms with E-state index in [0.717, 1.165) is 12.0 Å². The molecule has 1 saturated carbocycles. The van der Waals surface area contributed by atoms with Crippen molar-refractivity contribution in [1.82, 2.24) is 10.0 Å². The number of nitrogens with zero attached hydrogens (tertiary/aromatic N) is 2. The summed E-state index contributed by atoms with van der Waals surface area (Å²) >= 11 is 0. The first kappa shape index (κ1) is 12.0. The molecule has 3 aliphatic rings. The maximum absolute atomic E-state index is 2.80. The minimum Gasteiger partial charge on any atom is -0.242 e. The van der Waals surface area contributed by atoms with E-state index in [-0.39, 0.29) is 0 Å². The van der Waals surface area contributed by atoms with Crippen LogP contribution in [0.2, 0.25) is 0 Å². The van der Waals surface area contributed by atoms with Gasteiger partial charge in [-0.2, -0.15) is 0 Å². The average molecular weight is 236 g/mol. The van der Waals surface area contributed by atoms with Crippen LogP contribution in [0.15, 0.2) is 0 Å². The molecule has 3 fully saturated rings. The molecule has 0 spiro atoms. The second kappa shape index (κ2) is 5.71. The second-order valence-corrected chi connectivity index (χ2v) is 6.29. The van der Waals surface area contributed by atoms with Gasteiger partial charge in [-0.05, 0) is 44.4 Å². The Balaban J connectivity index is 1.65. The van der Waals surface area contributed by atoms with E-state index in [2.05, 4.69) is 10.0 Å². The lowest BCUT2D eigenvalue weighted by atomic mass is 9.90. The fourth-order valence-corrected chi connectivity index (χ4v) is 4.25. The topological polar surface area (TPSA) is 6.48 Å². The van der Waals surface area contributed by atoms with Crippen molar-refractivity contribution in [2.24, 2.45) is 5.92 Å². The summed E-state index contributed by atoms with van der Waals surface area (Å²) in [5.74, 6) is 1.03. The number of piperidine rings is 2. The van der Waals surface area contributed by atoms with Crippen LogP contribution in [0.5, 0.6) is 0 Å². The first-order valence-corrected chi connectivity index (χ1v) is 7.96. The van der Waals surface area contributed by atoms with Crippen molar-refractivity contribution in [2.75, 3.05) is 19.6 Å². The summed E-state index contributed by atoms with van der Waals surface area (Å²) in [6.07, 6.45) is 14.7. The maximum atomic E-state index is 2.80. The summed E-state index contributed by atoms with van der Waals surface area (Å²) in [6, 6.07) is 0.907.